The summed E-state index contributed by atoms with van der Waals surface area (Å²) in [6.45, 7) is 3.27. The molecule has 3 rings (SSSR count). The van der Waals surface area contributed by atoms with Crippen LogP contribution in [0, 0.1) is 0 Å². The second-order valence-electron chi connectivity index (χ2n) is 7.67. The van der Waals surface area contributed by atoms with E-state index in [0.717, 1.165) is 28.5 Å². The summed E-state index contributed by atoms with van der Waals surface area (Å²) < 4.78 is 67.7. The van der Waals surface area contributed by atoms with Gasteiger partial charge in [0.2, 0.25) is 0 Å². The van der Waals surface area contributed by atoms with Gasteiger partial charge >= 0.3 is 15.5 Å². The highest BCUT2D eigenvalue weighted by Gasteiger charge is 2.50. The molecule has 1 aliphatic heterocycles. The summed E-state index contributed by atoms with van der Waals surface area (Å²) in [5.41, 5.74) is 2.10. The molecular weight excluding hydrogens is 431 g/mol. The SMILES string of the molecule is CCCOc1cc2ccccc2cc1C(N)CCN1CCN(S(=O)(=O)C(F)(F)F)CC1. The van der Waals surface area contributed by atoms with Crippen molar-refractivity contribution in [2.45, 2.75) is 31.3 Å². The number of sulfonamides is 1. The van der Waals surface area contributed by atoms with Crippen molar-refractivity contribution in [3.8, 4) is 5.75 Å². The van der Waals surface area contributed by atoms with Crippen LogP contribution in [0.25, 0.3) is 10.8 Å². The Morgan fingerprint density at radius 3 is 2.29 bits per heavy atom. The van der Waals surface area contributed by atoms with Gasteiger partial charge in [0.15, 0.2) is 0 Å². The molecule has 0 aliphatic carbocycles. The fraction of sp³-hybridized carbons (Fsp3) is 0.524. The Labute approximate surface area is 180 Å². The lowest BCUT2D eigenvalue weighted by Crippen LogP contribution is -2.52. The van der Waals surface area contributed by atoms with E-state index in [2.05, 4.69) is 0 Å². The lowest BCUT2D eigenvalue weighted by molar-refractivity contribution is -0.0499. The number of fused-ring (bicyclic) bond motifs is 1. The maximum absolute atomic E-state index is 12.7. The highest BCUT2D eigenvalue weighted by atomic mass is 32.2. The Morgan fingerprint density at radius 2 is 1.71 bits per heavy atom. The maximum Gasteiger partial charge on any atom is 0.511 e. The molecule has 0 amide bonds. The summed E-state index contributed by atoms with van der Waals surface area (Å²) >= 11 is 0. The molecule has 2 aromatic rings. The minimum absolute atomic E-state index is 0.183. The lowest BCUT2D eigenvalue weighted by atomic mass is 9.98. The van der Waals surface area contributed by atoms with E-state index in [-0.39, 0.29) is 32.2 Å². The summed E-state index contributed by atoms with van der Waals surface area (Å²) in [6, 6.07) is 11.6. The normalized spacial score (nSPS) is 17.7. The van der Waals surface area contributed by atoms with Crippen molar-refractivity contribution in [3.05, 3.63) is 42.0 Å². The van der Waals surface area contributed by atoms with Crippen LogP contribution in [0.3, 0.4) is 0 Å². The monoisotopic (exact) mass is 459 g/mol. The van der Waals surface area contributed by atoms with Crippen LogP contribution in [0.2, 0.25) is 0 Å². The van der Waals surface area contributed by atoms with Crippen LogP contribution < -0.4 is 10.5 Å². The van der Waals surface area contributed by atoms with Crippen LogP contribution >= 0.6 is 0 Å². The Hall–Kier alpha value is -1.88. The molecule has 0 radical (unpaired) electrons. The highest BCUT2D eigenvalue weighted by molar-refractivity contribution is 7.90. The van der Waals surface area contributed by atoms with Gasteiger partial charge in [-0.25, -0.2) is 8.42 Å². The van der Waals surface area contributed by atoms with E-state index >= 15 is 0 Å². The van der Waals surface area contributed by atoms with Gasteiger partial charge in [0.05, 0.1) is 6.61 Å². The molecular formula is C21H28F3N3O3S. The molecule has 0 aromatic heterocycles. The number of hydrogen-bond donors (Lipinski definition) is 1. The molecule has 1 unspecified atom stereocenters. The average molecular weight is 460 g/mol. The first-order valence-corrected chi connectivity index (χ1v) is 11.8. The molecule has 1 saturated heterocycles. The van der Waals surface area contributed by atoms with Gasteiger partial charge in [0.25, 0.3) is 0 Å². The topological polar surface area (TPSA) is 75.9 Å². The average Bonchev–Trinajstić information content (AvgIpc) is 2.74. The number of nitrogens with zero attached hydrogens (tertiary/aromatic N) is 2. The minimum atomic E-state index is -5.27. The maximum atomic E-state index is 12.7. The van der Waals surface area contributed by atoms with Crippen LogP contribution in [0.1, 0.15) is 31.4 Å². The predicted octanol–water partition coefficient (Wildman–Crippen LogP) is 3.49. The zero-order chi connectivity index (χ0) is 22.6. The Balaban J connectivity index is 1.63. The van der Waals surface area contributed by atoms with Gasteiger partial charge in [-0.05, 0) is 35.7 Å². The number of piperazine rings is 1. The predicted molar refractivity (Wildman–Crippen MR) is 114 cm³/mol. The number of ether oxygens (including phenoxy) is 1. The number of hydrogen-bond acceptors (Lipinski definition) is 5. The van der Waals surface area contributed by atoms with Crippen molar-refractivity contribution in [2.75, 3.05) is 39.3 Å². The smallest absolute Gasteiger partial charge is 0.493 e. The van der Waals surface area contributed by atoms with Crippen molar-refractivity contribution < 1.29 is 26.3 Å². The molecule has 172 valence electrons. The van der Waals surface area contributed by atoms with Gasteiger partial charge in [-0.1, -0.05) is 31.2 Å². The standard InChI is InChI=1S/C21H28F3N3O3S/c1-2-13-30-20-15-17-6-4-3-5-16(17)14-18(20)19(25)7-8-26-9-11-27(12-10-26)31(28,29)21(22,23)24/h3-6,14-15,19H,2,7-13,25H2,1H3. The van der Waals surface area contributed by atoms with E-state index in [9.17, 15) is 21.6 Å². The van der Waals surface area contributed by atoms with Gasteiger partial charge in [-0.15, -0.1) is 0 Å². The molecule has 2 aromatic carbocycles. The second kappa shape index (κ2) is 9.72. The van der Waals surface area contributed by atoms with Crippen LogP contribution in [-0.2, 0) is 10.0 Å². The van der Waals surface area contributed by atoms with E-state index in [0.29, 0.717) is 23.9 Å². The Morgan fingerprint density at radius 1 is 1.10 bits per heavy atom. The van der Waals surface area contributed by atoms with Gasteiger partial charge in [-0.3, -0.25) is 0 Å². The Bertz CT molecular complexity index is 990. The van der Waals surface area contributed by atoms with E-state index in [1.807, 2.05) is 48.2 Å². The summed E-state index contributed by atoms with van der Waals surface area (Å²) in [7, 11) is -5.27. The van der Waals surface area contributed by atoms with E-state index < -0.39 is 15.5 Å². The van der Waals surface area contributed by atoms with Crippen molar-refractivity contribution in [2.24, 2.45) is 5.73 Å². The molecule has 2 N–H and O–H groups in total. The third-order valence-electron chi connectivity index (χ3n) is 5.46. The quantitative estimate of drug-likeness (QED) is 0.654. The molecule has 6 nitrogen and oxygen atoms in total. The van der Waals surface area contributed by atoms with Crippen molar-refractivity contribution >= 4 is 20.8 Å². The molecule has 1 fully saturated rings. The molecule has 31 heavy (non-hydrogen) atoms. The van der Waals surface area contributed by atoms with Crippen molar-refractivity contribution in [1.82, 2.24) is 9.21 Å². The zero-order valence-corrected chi connectivity index (χ0v) is 18.3. The molecule has 0 saturated carbocycles. The summed E-state index contributed by atoms with van der Waals surface area (Å²) in [4.78, 5) is 1.94. The summed E-state index contributed by atoms with van der Waals surface area (Å²) in [6.07, 6.45) is 1.44. The first kappa shape index (κ1) is 23.8. The molecule has 0 spiro atoms. The number of alkyl halides is 3. The van der Waals surface area contributed by atoms with E-state index in [1.165, 1.54) is 0 Å². The van der Waals surface area contributed by atoms with Crippen molar-refractivity contribution in [3.63, 3.8) is 0 Å². The van der Waals surface area contributed by atoms with Gasteiger partial charge in [0, 0.05) is 44.3 Å². The minimum Gasteiger partial charge on any atom is -0.493 e. The van der Waals surface area contributed by atoms with Gasteiger partial charge in [-0.2, -0.15) is 17.5 Å². The van der Waals surface area contributed by atoms with Gasteiger partial charge < -0.3 is 15.4 Å². The van der Waals surface area contributed by atoms with Crippen LogP contribution in [-0.4, -0.2) is 62.5 Å². The first-order chi connectivity index (χ1) is 14.6. The first-order valence-electron chi connectivity index (χ1n) is 10.3. The molecule has 1 atom stereocenters. The largest absolute Gasteiger partial charge is 0.511 e. The van der Waals surface area contributed by atoms with Crippen LogP contribution in [0.15, 0.2) is 36.4 Å². The van der Waals surface area contributed by atoms with E-state index in [1.54, 1.807) is 0 Å². The number of nitrogens with two attached hydrogens (primary N) is 1. The van der Waals surface area contributed by atoms with Crippen LogP contribution in [0.5, 0.6) is 5.75 Å². The second-order valence-corrected chi connectivity index (χ2v) is 9.60. The lowest BCUT2D eigenvalue weighted by Gasteiger charge is -2.34. The molecule has 10 heteroatoms. The molecule has 0 bridgehead atoms. The summed E-state index contributed by atoms with van der Waals surface area (Å²) in [5.74, 6) is 0.745. The number of rotatable bonds is 8. The third-order valence-corrected chi connectivity index (χ3v) is 7.09. The molecule has 1 aliphatic rings. The van der Waals surface area contributed by atoms with E-state index in [4.69, 9.17) is 10.5 Å². The fourth-order valence-electron chi connectivity index (χ4n) is 3.68. The molecule has 1 heterocycles. The van der Waals surface area contributed by atoms with Crippen molar-refractivity contribution in [1.29, 1.82) is 0 Å². The zero-order valence-electron chi connectivity index (χ0n) is 17.4. The van der Waals surface area contributed by atoms with Gasteiger partial charge in [0.1, 0.15) is 5.75 Å². The third kappa shape index (κ3) is 5.49. The number of halogens is 3. The Kier molecular flexibility index (Phi) is 7.46. The highest BCUT2D eigenvalue weighted by Crippen LogP contribution is 2.32. The fourth-order valence-corrected chi connectivity index (χ4v) is 4.62. The summed E-state index contributed by atoms with van der Waals surface area (Å²) in [5, 5.41) is 2.12. The number of benzene rings is 2. The van der Waals surface area contributed by atoms with Crippen LogP contribution in [0.4, 0.5) is 13.2 Å².